The van der Waals surface area contributed by atoms with Gasteiger partial charge in [-0.1, -0.05) is 0 Å². The Bertz CT molecular complexity index is 823. The van der Waals surface area contributed by atoms with E-state index in [1.54, 1.807) is 18.3 Å². The summed E-state index contributed by atoms with van der Waals surface area (Å²) in [5, 5.41) is 6.23. The summed E-state index contributed by atoms with van der Waals surface area (Å²) >= 11 is 0. The fourth-order valence-electron chi connectivity index (χ4n) is 3.29. The van der Waals surface area contributed by atoms with Gasteiger partial charge in [-0.25, -0.2) is 13.8 Å². The van der Waals surface area contributed by atoms with E-state index in [9.17, 15) is 13.6 Å². The Morgan fingerprint density at radius 3 is 2.70 bits per heavy atom. The minimum absolute atomic E-state index is 0.0745. The first kappa shape index (κ1) is 17.7. The Morgan fingerprint density at radius 1 is 1.15 bits per heavy atom. The summed E-state index contributed by atoms with van der Waals surface area (Å²) in [7, 11) is 0. The molecule has 1 aromatic heterocycles. The third-order valence-corrected chi connectivity index (χ3v) is 5.06. The second-order valence-electron chi connectivity index (χ2n) is 7.26. The highest BCUT2D eigenvalue weighted by atomic mass is 19.2. The van der Waals surface area contributed by atoms with Gasteiger partial charge in [-0.15, -0.1) is 0 Å². The van der Waals surface area contributed by atoms with Crippen molar-refractivity contribution in [2.75, 3.05) is 29.9 Å². The molecule has 1 atom stereocenters. The van der Waals surface area contributed by atoms with Crippen LogP contribution >= 0.6 is 0 Å². The fraction of sp³-hybridized carbons (Fsp3) is 0.400. The van der Waals surface area contributed by atoms with E-state index < -0.39 is 11.6 Å². The number of nitrogens with one attached hydrogen (secondary N) is 2. The van der Waals surface area contributed by atoms with E-state index in [-0.39, 0.29) is 5.91 Å². The average molecular weight is 372 g/mol. The van der Waals surface area contributed by atoms with Crippen molar-refractivity contribution in [3.63, 3.8) is 0 Å². The van der Waals surface area contributed by atoms with Crippen LogP contribution < -0.4 is 15.5 Å². The van der Waals surface area contributed by atoms with Crippen molar-refractivity contribution in [3.05, 3.63) is 53.7 Å². The molecule has 27 heavy (non-hydrogen) atoms. The van der Waals surface area contributed by atoms with Crippen molar-refractivity contribution in [2.24, 2.45) is 5.92 Å². The molecule has 2 fully saturated rings. The average Bonchev–Trinajstić information content (AvgIpc) is 3.36. The van der Waals surface area contributed by atoms with Gasteiger partial charge in [0, 0.05) is 43.6 Å². The number of amides is 1. The normalized spacial score (nSPS) is 19.2. The Labute approximate surface area is 156 Å². The first-order valence-electron chi connectivity index (χ1n) is 9.29. The van der Waals surface area contributed by atoms with Gasteiger partial charge in [0.05, 0.1) is 5.56 Å². The van der Waals surface area contributed by atoms with Gasteiger partial charge < -0.3 is 15.5 Å². The maximum Gasteiger partial charge on any atom is 0.253 e. The van der Waals surface area contributed by atoms with Gasteiger partial charge >= 0.3 is 0 Å². The highest BCUT2D eigenvalue weighted by Gasteiger charge is 2.24. The number of benzene rings is 1. The van der Waals surface area contributed by atoms with Crippen LogP contribution in [0.1, 0.15) is 29.6 Å². The number of aromatic nitrogens is 1. The molecule has 0 bridgehead atoms. The lowest BCUT2D eigenvalue weighted by Crippen LogP contribution is -2.25. The molecule has 1 aromatic carbocycles. The van der Waals surface area contributed by atoms with Crippen LogP contribution in [-0.2, 0) is 0 Å². The summed E-state index contributed by atoms with van der Waals surface area (Å²) < 4.78 is 26.5. The maximum atomic E-state index is 13.4. The summed E-state index contributed by atoms with van der Waals surface area (Å²) in [6.45, 7) is 2.33. The zero-order valence-corrected chi connectivity index (χ0v) is 14.9. The predicted octanol–water partition coefficient (Wildman–Crippen LogP) is 3.19. The summed E-state index contributed by atoms with van der Waals surface area (Å²) in [6, 6.07) is 7.94. The van der Waals surface area contributed by atoms with Gasteiger partial charge in [-0.05, 0) is 49.4 Å². The first-order chi connectivity index (χ1) is 13.1. The van der Waals surface area contributed by atoms with Crippen molar-refractivity contribution >= 4 is 17.4 Å². The minimum atomic E-state index is -0.823. The minimum Gasteiger partial charge on any atom is -0.371 e. The molecule has 0 radical (unpaired) electrons. The zero-order valence-electron chi connectivity index (χ0n) is 14.9. The molecule has 2 N–H and O–H groups in total. The Hall–Kier alpha value is -2.70. The molecule has 2 heterocycles. The van der Waals surface area contributed by atoms with Crippen LogP contribution in [0.25, 0.3) is 0 Å². The van der Waals surface area contributed by atoms with Gasteiger partial charge in [0.1, 0.15) is 5.82 Å². The van der Waals surface area contributed by atoms with Crippen LogP contribution in [0.3, 0.4) is 0 Å². The molecule has 1 aliphatic carbocycles. The molecule has 0 spiro atoms. The SMILES string of the molecule is O=C(NC1CC1)c1ccc(NC[C@H]2CCN(c3ccc(F)c(F)c3)C2)nc1. The molecule has 4 rings (SSSR count). The van der Waals surface area contributed by atoms with Crippen molar-refractivity contribution in [1.82, 2.24) is 10.3 Å². The van der Waals surface area contributed by atoms with E-state index in [2.05, 4.69) is 20.5 Å². The first-order valence-corrected chi connectivity index (χ1v) is 9.29. The molecule has 5 nitrogen and oxygen atoms in total. The number of hydrogen-bond acceptors (Lipinski definition) is 4. The number of pyridine rings is 1. The highest BCUT2D eigenvalue weighted by molar-refractivity contribution is 5.94. The van der Waals surface area contributed by atoms with Crippen LogP contribution in [0.5, 0.6) is 0 Å². The molecule has 1 saturated heterocycles. The number of carbonyl (C=O) groups is 1. The lowest BCUT2D eigenvalue weighted by Gasteiger charge is -2.19. The second-order valence-corrected chi connectivity index (χ2v) is 7.26. The molecular formula is C20H22F2N4O. The molecule has 2 aromatic rings. The lowest BCUT2D eigenvalue weighted by atomic mass is 10.1. The molecule has 2 aliphatic rings. The molecular weight excluding hydrogens is 350 g/mol. The molecule has 0 unspecified atom stereocenters. The Morgan fingerprint density at radius 2 is 2.00 bits per heavy atom. The Kier molecular flexibility index (Phi) is 4.92. The third kappa shape index (κ3) is 4.35. The Balaban J connectivity index is 1.27. The zero-order chi connectivity index (χ0) is 18.8. The van der Waals surface area contributed by atoms with E-state index in [4.69, 9.17) is 0 Å². The maximum absolute atomic E-state index is 13.4. The standard InChI is InChI=1S/C20H22F2N4O/c21-17-5-4-16(9-18(17)22)26-8-7-13(12-26)10-23-19-6-1-14(11-24-19)20(27)25-15-2-3-15/h1,4-6,9,11,13,15H,2-3,7-8,10,12H2,(H,23,24)(H,25,27)/t13-/m1/s1. The summed E-state index contributed by atoms with van der Waals surface area (Å²) in [5.41, 5.74) is 1.28. The molecule has 1 saturated carbocycles. The highest BCUT2D eigenvalue weighted by Crippen LogP contribution is 2.25. The number of rotatable bonds is 6. The quantitative estimate of drug-likeness (QED) is 0.818. The van der Waals surface area contributed by atoms with Crippen LogP contribution in [0.15, 0.2) is 36.5 Å². The molecule has 1 amide bonds. The number of halogens is 2. The van der Waals surface area contributed by atoms with Gasteiger partial charge in [-0.3, -0.25) is 4.79 Å². The van der Waals surface area contributed by atoms with Crippen molar-refractivity contribution in [3.8, 4) is 0 Å². The van der Waals surface area contributed by atoms with E-state index in [0.717, 1.165) is 44.7 Å². The predicted molar refractivity (Wildman–Crippen MR) is 99.9 cm³/mol. The topological polar surface area (TPSA) is 57.3 Å². The fourth-order valence-corrected chi connectivity index (χ4v) is 3.29. The van der Waals surface area contributed by atoms with Crippen molar-refractivity contribution in [2.45, 2.75) is 25.3 Å². The smallest absolute Gasteiger partial charge is 0.253 e. The lowest BCUT2D eigenvalue weighted by molar-refractivity contribution is 0.0950. The second kappa shape index (κ2) is 7.50. The van der Waals surface area contributed by atoms with Gasteiger partial charge in [0.15, 0.2) is 11.6 Å². The van der Waals surface area contributed by atoms with Crippen LogP contribution in [0.4, 0.5) is 20.3 Å². The summed E-state index contributed by atoms with van der Waals surface area (Å²) in [4.78, 5) is 18.3. The van der Waals surface area contributed by atoms with Crippen molar-refractivity contribution in [1.29, 1.82) is 0 Å². The molecule has 1 aliphatic heterocycles. The van der Waals surface area contributed by atoms with Gasteiger partial charge in [-0.2, -0.15) is 0 Å². The van der Waals surface area contributed by atoms with Crippen LogP contribution in [-0.4, -0.2) is 36.6 Å². The van der Waals surface area contributed by atoms with E-state index in [0.29, 0.717) is 23.2 Å². The summed E-state index contributed by atoms with van der Waals surface area (Å²) in [6.07, 6.45) is 4.67. The molecule has 7 heteroatoms. The van der Waals surface area contributed by atoms with E-state index in [1.807, 2.05) is 6.07 Å². The number of anilines is 2. The van der Waals surface area contributed by atoms with Gasteiger partial charge in [0.2, 0.25) is 0 Å². The summed E-state index contributed by atoms with van der Waals surface area (Å²) in [5.74, 6) is -0.600. The van der Waals surface area contributed by atoms with E-state index >= 15 is 0 Å². The molecule has 142 valence electrons. The third-order valence-electron chi connectivity index (χ3n) is 5.06. The van der Waals surface area contributed by atoms with Gasteiger partial charge in [0.25, 0.3) is 5.91 Å². The monoisotopic (exact) mass is 372 g/mol. The van der Waals surface area contributed by atoms with Crippen LogP contribution in [0, 0.1) is 17.6 Å². The number of nitrogens with zero attached hydrogens (tertiary/aromatic N) is 2. The number of hydrogen-bond donors (Lipinski definition) is 2. The largest absolute Gasteiger partial charge is 0.371 e. The van der Waals surface area contributed by atoms with Crippen molar-refractivity contribution < 1.29 is 13.6 Å². The van der Waals surface area contributed by atoms with Crippen LogP contribution in [0.2, 0.25) is 0 Å². The number of carbonyl (C=O) groups excluding carboxylic acids is 1. The van der Waals surface area contributed by atoms with E-state index in [1.165, 1.54) is 12.1 Å².